The van der Waals surface area contributed by atoms with E-state index in [4.69, 9.17) is 0 Å². The minimum atomic E-state index is 0.163. The fourth-order valence-electron chi connectivity index (χ4n) is 3.26. The molecule has 0 radical (unpaired) electrons. The minimum Gasteiger partial charge on any atom is -0.378 e. The zero-order valence-electron chi connectivity index (χ0n) is 15.4. The highest BCUT2D eigenvalue weighted by molar-refractivity contribution is 5.34. The van der Waals surface area contributed by atoms with Crippen LogP contribution in [0.4, 0.5) is 0 Å². The molecule has 0 aromatic heterocycles. The zero-order valence-corrected chi connectivity index (χ0v) is 15.4. The third-order valence-corrected chi connectivity index (χ3v) is 4.64. The van der Waals surface area contributed by atoms with E-state index >= 15 is 0 Å². The van der Waals surface area contributed by atoms with Gasteiger partial charge in [-0.05, 0) is 36.8 Å². The van der Waals surface area contributed by atoms with Crippen LogP contribution in [0.3, 0.4) is 0 Å². The molecule has 2 aromatic carbocycles. The van der Waals surface area contributed by atoms with Gasteiger partial charge in [-0.15, -0.1) is 0 Å². The van der Waals surface area contributed by atoms with Crippen LogP contribution in [-0.2, 0) is 0 Å². The van der Waals surface area contributed by atoms with Gasteiger partial charge >= 0.3 is 0 Å². The lowest BCUT2D eigenvalue weighted by molar-refractivity contribution is 0.462. The second kappa shape index (κ2) is 9.32. The van der Waals surface area contributed by atoms with Crippen molar-refractivity contribution in [1.29, 1.82) is 0 Å². The Kier molecular flexibility index (Phi) is 7.11. The maximum absolute atomic E-state index is 4.39. The average molecular weight is 322 g/mol. The van der Waals surface area contributed by atoms with Crippen LogP contribution in [0.15, 0.2) is 66.9 Å². The molecule has 0 heterocycles. The molecule has 0 aliphatic heterocycles. The second-order valence-electron chi connectivity index (χ2n) is 6.70. The van der Waals surface area contributed by atoms with Gasteiger partial charge in [0.1, 0.15) is 0 Å². The van der Waals surface area contributed by atoms with Crippen molar-refractivity contribution in [2.45, 2.75) is 52.5 Å². The summed E-state index contributed by atoms with van der Waals surface area (Å²) in [6, 6.07) is 19.7. The fraction of sp³-hybridized carbons (Fsp3) is 0.391. The topological polar surface area (TPSA) is 12.0 Å². The summed E-state index contributed by atoms with van der Waals surface area (Å²) < 4.78 is 0. The molecule has 1 heteroatoms. The summed E-state index contributed by atoms with van der Waals surface area (Å²) in [5.74, 6) is 0.552. The summed E-state index contributed by atoms with van der Waals surface area (Å²) in [6.45, 7) is 11.0. The number of hydrogen-bond donors (Lipinski definition) is 1. The standard InChI is InChI=1S/C23H31N/c1-5-10-20(11-6-2)19(4)24-23(21-12-8-7-9-13-21)22-16-14-18(3)15-17-22/h7-9,12-17,20,23-24H,4-6,10-11H2,1-3H3. The Morgan fingerprint density at radius 3 is 1.96 bits per heavy atom. The monoisotopic (exact) mass is 321 g/mol. The van der Waals surface area contributed by atoms with Gasteiger partial charge in [-0.2, -0.15) is 0 Å². The first-order chi connectivity index (χ1) is 11.7. The fourth-order valence-corrected chi connectivity index (χ4v) is 3.26. The molecule has 0 aliphatic rings. The van der Waals surface area contributed by atoms with Crippen LogP contribution in [0.1, 0.15) is 62.3 Å². The highest BCUT2D eigenvalue weighted by atomic mass is 14.9. The molecule has 128 valence electrons. The summed E-state index contributed by atoms with van der Waals surface area (Å²) >= 11 is 0. The number of nitrogens with one attached hydrogen (secondary N) is 1. The molecule has 0 saturated heterocycles. The van der Waals surface area contributed by atoms with Crippen LogP contribution in [0.25, 0.3) is 0 Å². The molecule has 0 aliphatic carbocycles. The van der Waals surface area contributed by atoms with E-state index in [1.807, 2.05) is 0 Å². The highest BCUT2D eigenvalue weighted by Crippen LogP contribution is 2.27. The first-order valence-corrected chi connectivity index (χ1v) is 9.22. The summed E-state index contributed by atoms with van der Waals surface area (Å²) in [6.07, 6.45) is 4.81. The molecular weight excluding hydrogens is 290 g/mol. The SMILES string of the molecule is C=C(NC(c1ccccc1)c1ccc(C)cc1)C(CCC)CCC. The maximum atomic E-state index is 4.39. The molecular formula is C23H31N. The number of aryl methyl sites for hydroxylation is 1. The van der Waals surface area contributed by atoms with Crippen molar-refractivity contribution in [1.82, 2.24) is 5.32 Å². The van der Waals surface area contributed by atoms with Crippen LogP contribution < -0.4 is 5.32 Å². The van der Waals surface area contributed by atoms with Gasteiger partial charge in [0.15, 0.2) is 0 Å². The highest BCUT2D eigenvalue weighted by Gasteiger charge is 2.18. The number of hydrogen-bond acceptors (Lipinski definition) is 1. The first-order valence-electron chi connectivity index (χ1n) is 9.22. The van der Waals surface area contributed by atoms with Crippen LogP contribution >= 0.6 is 0 Å². The quantitative estimate of drug-likeness (QED) is 0.563. The van der Waals surface area contributed by atoms with E-state index in [-0.39, 0.29) is 6.04 Å². The second-order valence-corrected chi connectivity index (χ2v) is 6.70. The lowest BCUT2D eigenvalue weighted by atomic mass is 9.92. The molecule has 2 rings (SSSR count). The molecule has 1 nitrogen and oxygen atoms in total. The van der Waals surface area contributed by atoms with Crippen molar-refractivity contribution in [3.8, 4) is 0 Å². The van der Waals surface area contributed by atoms with Crippen molar-refractivity contribution >= 4 is 0 Å². The Hall–Kier alpha value is -2.02. The van der Waals surface area contributed by atoms with E-state index in [1.165, 1.54) is 48.1 Å². The lowest BCUT2D eigenvalue weighted by Crippen LogP contribution is -2.25. The van der Waals surface area contributed by atoms with Gasteiger partial charge in [-0.1, -0.05) is 93.4 Å². The minimum absolute atomic E-state index is 0.163. The van der Waals surface area contributed by atoms with Gasteiger partial charge in [-0.25, -0.2) is 0 Å². The van der Waals surface area contributed by atoms with Crippen molar-refractivity contribution in [3.05, 3.63) is 83.6 Å². The predicted octanol–water partition coefficient (Wildman–Crippen LogP) is 6.40. The average Bonchev–Trinajstić information content (AvgIpc) is 2.61. The molecule has 1 unspecified atom stereocenters. The van der Waals surface area contributed by atoms with Gasteiger partial charge in [0.2, 0.25) is 0 Å². The first kappa shape index (κ1) is 18.3. The Bertz CT molecular complexity index is 606. The molecule has 0 saturated carbocycles. The molecule has 0 bridgehead atoms. The predicted molar refractivity (Wildman–Crippen MR) is 105 cm³/mol. The van der Waals surface area contributed by atoms with Gasteiger partial charge in [0.05, 0.1) is 6.04 Å². The lowest BCUT2D eigenvalue weighted by Gasteiger charge is -2.27. The zero-order chi connectivity index (χ0) is 17.4. The summed E-state index contributed by atoms with van der Waals surface area (Å²) in [5, 5.41) is 3.74. The van der Waals surface area contributed by atoms with E-state index < -0.39 is 0 Å². The van der Waals surface area contributed by atoms with Crippen molar-refractivity contribution < 1.29 is 0 Å². The third-order valence-electron chi connectivity index (χ3n) is 4.64. The van der Waals surface area contributed by atoms with Crippen LogP contribution in [-0.4, -0.2) is 0 Å². The molecule has 0 amide bonds. The van der Waals surface area contributed by atoms with E-state index in [9.17, 15) is 0 Å². The van der Waals surface area contributed by atoms with Gasteiger partial charge in [0.25, 0.3) is 0 Å². The Labute approximate surface area is 147 Å². The van der Waals surface area contributed by atoms with Gasteiger partial charge in [0, 0.05) is 5.70 Å². The molecule has 2 aromatic rings. The van der Waals surface area contributed by atoms with E-state index in [2.05, 4.69) is 87.3 Å². The van der Waals surface area contributed by atoms with Gasteiger partial charge in [-0.3, -0.25) is 0 Å². The molecule has 1 N–H and O–H groups in total. The van der Waals surface area contributed by atoms with E-state index in [1.54, 1.807) is 0 Å². The number of allylic oxidation sites excluding steroid dienone is 1. The van der Waals surface area contributed by atoms with Crippen LogP contribution in [0.2, 0.25) is 0 Å². The smallest absolute Gasteiger partial charge is 0.0764 e. The molecule has 24 heavy (non-hydrogen) atoms. The van der Waals surface area contributed by atoms with Crippen molar-refractivity contribution in [2.24, 2.45) is 5.92 Å². The summed E-state index contributed by atoms with van der Waals surface area (Å²) in [7, 11) is 0. The van der Waals surface area contributed by atoms with Gasteiger partial charge < -0.3 is 5.32 Å². The Balaban J connectivity index is 2.26. The summed E-state index contributed by atoms with van der Waals surface area (Å²) in [5.41, 5.74) is 5.04. The number of rotatable bonds is 9. The Morgan fingerprint density at radius 1 is 0.875 bits per heavy atom. The van der Waals surface area contributed by atoms with Crippen LogP contribution in [0.5, 0.6) is 0 Å². The molecule has 1 atom stereocenters. The molecule has 0 fully saturated rings. The maximum Gasteiger partial charge on any atom is 0.0764 e. The largest absolute Gasteiger partial charge is 0.378 e. The van der Waals surface area contributed by atoms with E-state index in [0.717, 1.165) is 0 Å². The summed E-state index contributed by atoms with van der Waals surface area (Å²) in [4.78, 5) is 0. The van der Waals surface area contributed by atoms with Crippen molar-refractivity contribution in [3.63, 3.8) is 0 Å². The Morgan fingerprint density at radius 2 is 1.42 bits per heavy atom. The van der Waals surface area contributed by atoms with Crippen LogP contribution in [0, 0.1) is 12.8 Å². The van der Waals surface area contributed by atoms with Crippen molar-refractivity contribution in [2.75, 3.05) is 0 Å². The third kappa shape index (κ3) is 4.99. The van der Waals surface area contributed by atoms with E-state index in [0.29, 0.717) is 5.92 Å². The normalized spacial score (nSPS) is 12.2. The number of benzene rings is 2. The molecule has 0 spiro atoms.